The number of nitrogens with zero attached hydrogens (tertiary/aromatic N) is 3. The molecule has 1 aliphatic heterocycles. The molecule has 9 heteroatoms. The molecule has 1 atom stereocenters. The van der Waals surface area contributed by atoms with Crippen molar-refractivity contribution in [1.29, 1.82) is 0 Å². The third kappa shape index (κ3) is 2.70. The molecule has 0 saturated heterocycles. The molecule has 0 saturated carbocycles. The molecule has 2 aromatic carbocycles. The van der Waals surface area contributed by atoms with E-state index in [0.717, 1.165) is 6.07 Å². The molecule has 3 heterocycles. The van der Waals surface area contributed by atoms with Crippen molar-refractivity contribution in [1.82, 2.24) is 10.2 Å². The van der Waals surface area contributed by atoms with Crippen molar-refractivity contribution in [3.05, 3.63) is 80.4 Å². The van der Waals surface area contributed by atoms with Crippen molar-refractivity contribution in [2.75, 3.05) is 12.0 Å². The van der Waals surface area contributed by atoms with Crippen LogP contribution in [0.4, 0.5) is 9.52 Å². The van der Waals surface area contributed by atoms with Gasteiger partial charge in [-0.3, -0.25) is 14.5 Å². The highest BCUT2D eigenvalue weighted by Gasteiger charge is 2.45. The van der Waals surface area contributed by atoms with Crippen molar-refractivity contribution < 1.29 is 18.3 Å². The number of ether oxygens (including phenoxy) is 1. The zero-order valence-corrected chi connectivity index (χ0v) is 16.7. The van der Waals surface area contributed by atoms with Crippen molar-refractivity contribution in [2.45, 2.75) is 13.0 Å². The Morgan fingerprint density at radius 3 is 2.57 bits per heavy atom. The van der Waals surface area contributed by atoms with E-state index in [-0.39, 0.29) is 22.3 Å². The number of methoxy groups -OCH3 is 1. The standard InChI is InChI=1S/C21H14FN3O4S/c1-10-23-24-21(30-10)25-17(11-3-6-13(28-2)7-4-11)16-18(26)14-9-12(22)5-8-15(14)29-19(16)20(25)27/h3-9,17H,1-2H3. The monoisotopic (exact) mass is 423 g/mol. The zero-order chi connectivity index (χ0) is 21.0. The predicted octanol–water partition coefficient (Wildman–Crippen LogP) is 3.85. The summed E-state index contributed by atoms with van der Waals surface area (Å²) in [5, 5.41) is 9.20. The van der Waals surface area contributed by atoms with Crippen LogP contribution in [0.2, 0.25) is 0 Å². The molecule has 30 heavy (non-hydrogen) atoms. The summed E-state index contributed by atoms with van der Waals surface area (Å²) in [4.78, 5) is 28.1. The number of fused-ring (bicyclic) bond motifs is 2. The van der Waals surface area contributed by atoms with Crippen LogP contribution < -0.4 is 15.1 Å². The van der Waals surface area contributed by atoms with Crippen molar-refractivity contribution in [3.8, 4) is 5.75 Å². The molecule has 150 valence electrons. The largest absolute Gasteiger partial charge is 0.497 e. The van der Waals surface area contributed by atoms with Crippen LogP contribution in [-0.2, 0) is 0 Å². The van der Waals surface area contributed by atoms with Gasteiger partial charge in [0.05, 0.1) is 24.1 Å². The summed E-state index contributed by atoms with van der Waals surface area (Å²) < 4.78 is 24.8. The molecular formula is C21H14FN3O4S. The molecule has 0 bridgehead atoms. The zero-order valence-electron chi connectivity index (χ0n) is 15.9. The summed E-state index contributed by atoms with van der Waals surface area (Å²) in [5.74, 6) is -0.496. The maximum Gasteiger partial charge on any atom is 0.297 e. The lowest BCUT2D eigenvalue weighted by Crippen LogP contribution is -2.29. The molecule has 1 aliphatic rings. The van der Waals surface area contributed by atoms with Crippen molar-refractivity contribution >= 4 is 33.3 Å². The fraction of sp³-hybridized carbons (Fsp3) is 0.143. The molecular weight excluding hydrogens is 409 g/mol. The minimum Gasteiger partial charge on any atom is -0.497 e. The number of hydrogen-bond donors (Lipinski definition) is 0. The molecule has 0 N–H and O–H groups in total. The highest BCUT2D eigenvalue weighted by atomic mass is 32.1. The number of carbonyl (C=O) groups is 1. The smallest absolute Gasteiger partial charge is 0.297 e. The van der Waals surface area contributed by atoms with E-state index in [9.17, 15) is 14.0 Å². The number of aryl methyl sites for hydroxylation is 1. The summed E-state index contributed by atoms with van der Waals surface area (Å²) in [6, 6.07) is 9.88. The Balaban J connectivity index is 1.80. The van der Waals surface area contributed by atoms with Crippen LogP contribution in [0.25, 0.3) is 11.0 Å². The maximum absolute atomic E-state index is 13.8. The first-order valence-electron chi connectivity index (χ1n) is 9.02. The number of anilines is 1. The molecule has 2 aromatic heterocycles. The number of rotatable bonds is 3. The van der Waals surface area contributed by atoms with Gasteiger partial charge in [0.25, 0.3) is 5.91 Å². The molecule has 0 aliphatic carbocycles. The van der Waals surface area contributed by atoms with Gasteiger partial charge in [-0.2, -0.15) is 0 Å². The Morgan fingerprint density at radius 1 is 1.13 bits per heavy atom. The summed E-state index contributed by atoms with van der Waals surface area (Å²) in [6.07, 6.45) is 0. The summed E-state index contributed by atoms with van der Waals surface area (Å²) >= 11 is 1.23. The van der Waals surface area contributed by atoms with E-state index in [1.165, 1.54) is 28.4 Å². The number of carbonyl (C=O) groups excluding carboxylic acids is 1. The summed E-state index contributed by atoms with van der Waals surface area (Å²) in [7, 11) is 1.55. The minimum absolute atomic E-state index is 0.0761. The van der Waals surface area contributed by atoms with E-state index < -0.39 is 23.2 Å². The predicted molar refractivity (Wildman–Crippen MR) is 109 cm³/mol. The summed E-state index contributed by atoms with van der Waals surface area (Å²) in [5.41, 5.74) is 0.510. The summed E-state index contributed by atoms with van der Waals surface area (Å²) in [6.45, 7) is 1.78. The number of benzene rings is 2. The molecule has 4 aromatic rings. The number of aromatic nitrogens is 2. The lowest BCUT2D eigenvalue weighted by Gasteiger charge is -2.22. The number of hydrogen-bond acceptors (Lipinski definition) is 7. The van der Waals surface area contributed by atoms with Crippen LogP contribution >= 0.6 is 11.3 Å². The average molecular weight is 423 g/mol. The Bertz CT molecular complexity index is 1360. The first-order chi connectivity index (χ1) is 14.5. The van der Waals surface area contributed by atoms with Crippen molar-refractivity contribution in [3.63, 3.8) is 0 Å². The Kier molecular flexibility index (Phi) is 4.14. The minimum atomic E-state index is -0.783. The quantitative estimate of drug-likeness (QED) is 0.498. The van der Waals surface area contributed by atoms with Gasteiger partial charge in [-0.25, -0.2) is 4.39 Å². The first kappa shape index (κ1) is 18.4. The van der Waals surface area contributed by atoms with Gasteiger partial charge >= 0.3 is 0 Å². The Labute approximate surface area is 173 Å². The van der Waals surface area contributed by atoms with Gasteiger partial charge in [0.15, 0.2) is 5.43 Å². The highest BCUT2D eigenvalue weighted by Crippen LogP contribution is 2.42. The van der Waals surface area contributed by atoms with Crippen LogP contribution in [0.5, 0.6) is 5.75 Å². The average Bonchev–Trinajstić information content (AvgIpc) is 3.30. The van der Waals surface area contributed by atoms with Crippen LogP contribution in [0.1, 0.15) is 32.7 Å². The second-order valence-electron chi connectivity index (χ2n) is 6.77. The number of halogens is 1. The van der Waals surface area contributed by atoms with Gasteiger partial charge in [0.1, 0.15) is 22.2 Å². The van der Waals surface area contributed by atoms with Gasteiger partial charge in [-0.05, 0) is 42.8 Å². The third-order valence-corrected chi connectivity index (χ3v) is 5.82. The van der Waals surface area contributed by atoms with E-state index >= 15 is 0 Å². The van der Waals surface area contributed by atoms with Gasteiger partial charge in [0, 0.05) is 0 Å². The van der Waals surface area contributed by atoms with Crippen LogP contribution in [0, 0.1) is 12.7 Å². The molecule has 5 rings (SSSR count). The van der Waals surface area contributed by atoms with E-state index in [1.54, 1.807) is 38.3 Å². The fourth-order valence-electron chi connectivity index (χ4n) is 3.63. The molecule has 0 spiro atoms. The first-order valence-corrected chi connectivity index (χ1v) is 9.83. The van der Waals surface area contributed by atoms with E-state index in [0.29, 0.717) is 21.5 Å². The topological polar surface area (TPSA) is 85.5 Å². The Morgan fingerprint density at radius 2 is 1.90 bits per heavy atom. The molecule has 1 amide bonds. The van der Waals surface area contributed by atoms with Crippen LogP contribution in [0.15, 0.2) is 51.7 Å². The fourth-order valence-corrected chi connectivity index (χ4v) is 4.34. The number of amides is 1. The van der Waals surface area contributed by atoms with E-state index in [1.807, 2.05) is 0 Å². The Hall–Kier alpha value is -3.59. The SMILES string of the molecule is COc1ccc(C2c3c(oc4ccc(F)cc4c3=O)C(=O)N2c2nnc(C)s2)cc1. The van der Waals surface area contributed by atoms with Gasteiger partial charge in [-0.1, -0.05) is 23.5 Å². The van der Waals surface area contributed by atoms with Gasteiger partial charge in [-0.15, -0.1) is 10.2 Å². The van der Waals surface area contributed by atoms with Crippen molar-refractivity contribution in [2.24, 2.45) is 0 Å². The van der Waals surface area contributed by atoms with Crippen LogP contribution in [0.3, 0.4) is 0 Å². The van der Waals surface area contributed by atoms with E-state index in [4.69, 9.17) is 9.15 Å². The highest BCUT2D eigenvalue weighted by molar-refractivity contribution is 7.15. The second-order valence-corrected chi connectivity index (χ2v) is 7.93. The maximum atomic E-state index is 13.8. The molecule has 0 fully saturated rings. The lowest BCUT2D eigenvalue weighted by molar-refractivity contribution is 0.0970. The second kappa shape index (κ2) is 6.74. The normalized spacial score (nSPS) is 15.6. The molecule has 7 nitrogen and oxygen atoms in total. The third-order valence-electron chi connectivity index (χ3n) is 4.99. The van der Waals surface area contributed by atoms with E-state index in [2.05, 4.69) is 10.2 Å². The van der Waals surface area contributed by atoms with Gasteiger partial charge < -0.3 is 9.15 Å². The molecule has 1 unspecified atom stereocenters. The lowest BCUT2D eigenvalue weighted by atomic mass is 9.98. The van der Waals surface area contributed by atoms with Crippen LogP contribution in [-0.4, -0.2) is 23.2 Å². The molecule has 0 radical (unpaired) electrons. The van der Waals surface area contributed by atoms with Gasteiger partial charge in [0.2, 0.25) is 10.9 Å².